The summed E-state index contributed by atoms with van der Waals surface area (Å²) in [7, 11) is 0. The van der Waals surface area contributed by atoms with Gasteiger partial charge in [0.05, 0.1) is 5.69 Å². The van der Waals surface area contributed by atoms with Crippen molar-refractivity contribution < 1.29 is 8.81 Å². The van der Waals surface area contributed by atoms with Crippen LogP contribution in [-0.2, 0) is 0 Å². The maximum Gasteiger partial charge on any atom is 0.266 e. The molecule has 2 rings (SSSR count). The zero-order valence-electron chi connectivity index (χ0n) is 7.50. The van der Waals surface area contributed by atoms with Gasteiger partial charge in [0.15, 0.2) is 0 Å². The van der Waals surface area contributed by atoms with E-state index in [4.69, 9.17) is 16.6 Å². The van der Waals surface area contributed by atoms with Gasteiger partial charge in [0.25, 0.3) is 4.84 Å². The van der Waals surface area contributed by atoms with Crippen molar-refractivity contribution in [2.45, 2.75) is 6.92 Å². The number of hydrogen-bond acceptors (Lipinski definition) is 2. The molecule has 0 saturated carbocycles. The number of aromatic nitrogens is 1. The molecule has 0 saturated heterocycles. The van der Waals surface area contributed by atoms with Crippen LogP contribution in [0.3, 0.4) is 0 Å². The molecule has 0 aliphatic heterocycles. The van der Waals surface area contributed by atoms with Crippen molar-refractivity contribution in [3.63, 3.8) is 0 Å². The molecule has 72 valence electrons. The third-order valence-electron chi connectivity index (χ3n) is 2.00. The Bertz CT molecular complexity index is 515. The molecule has 0 bridgehead atoms. The Morgan fingerprint density at radius 2 is 2.21 bits per heavy atom. The Balaban J connectivity index is 2.52. The third kappa shape index (κ3) is 1.61. The Kier molecular flexibility index (Phi) is 2.21. The van der Waals surface area contributed by atoms with Gasteiger partial charge in [0.1, 0.15) is 12.1 Å². The van der Waals surface area contributed by atoms with Gasteiger partial charge in [0, 0.05) is 5.56 Å². The fraction of sp³-hybridized carbons (Fsp3) is 0.100. The summed E-state index contributed by atoms with van der Waals surface area (Å²) in [6, 6.07) is 4.98. The summed E-state index contributed by atoms with van der Waals surface area (Å²) in [5.41, 5.74) is 2.04. The van der Waals surface area contributed by atoms with Gasteiger partial charge in [-0.2, -0.15) is 0 Å². The average Bonchev–Trinajstić information content (AvgIpc) is 2.57. The average molecular weight is 209 g/mol. The van der Waals surface area contributed by atoms with Gasteiger partial charge in [0.2, 0.25) is 0 Å². The number of H-pyrrole nitrogens is 1. The van der Waals surface area contributed by atoms with Gasteiger partial charge in [-0.1, -0.05) is 12.1 Å². The van der Waals surface area contributed by atoms with Gasteiger partial charge in [-0.25, -0.2) is 4.39 Å². The Morgan fingerprint density at radius 3 is 2.79 bits per heavy atom. The summed E-state index contributed by atoms with van der Waals surface area (Å²) >= 11 is 4.78. The molecule has 0 unspecified atom stereocenters. The van der Waals surface area contributed by atoms with E-state index in [9.17, 15) is 4.39 Å². The van der Waals surface area contributed by atoms with E-state index in [0.29, 0.717) is 16.1 Å². The second kappa shape index (κ2) is 3.38. The number of rotatable bonds is 1. The van der Waals surface area contributed by atoms with Crippen molar-refractivity contribution in [2.75, 3.05) is 0 Å². The number of aromatic amines is 1. The van der Waals surface area contributed by atoms with Crippen LogP contribution < -0.4 is 0 Å². The summed E-state index contributed by atoms with van der Waals surface area (Å²) in [5.74, 6) is -0.233. The SMILES string of the molecule is Cc1ccc(-c2coc(=S)[nH]2)cc1F. The van der Waals surface area contributed by atoms with E-state index in [1.54, 1.807) is 13.0 Å². The van der Waals surface area contributed by atoms with Crippen molar-refractivity contribution in [1.29, 1.82) is 0 Å². The van der Waals surface area contributed by atoms with Crippen LogP contribution >= 0.6 is 12.2 Å². The van der Waals surface area contributed by atoms with Gasteiger partial charge >= 0.3 is 0 Å². The molecule has 0 fully saturated rings. The topological polar surface area (TPSA) is 28.9 Å². The highest BCUT2D eigenvalue weighted by molar-refractivity contribution is 7.71. The molecule has 0 amide bonds. The monoisotopic (exact) mass is 209 g/mol. The largest absolute Gasteiger partial charge is 0.437 e. The fourth-order valence-corrected chi connectivity index (χ4v) is 1.34. The third-order valence-corrected chi connectivity index (χ3v) is 2.20. The van der Waals surface area contributed by atoms with Crippen LogP contribution in [0, 0.1) is 17.6 Å². The van der Waals surface area contributed by atoms with Crippen molar-refractivity contribution in [3.05, 3.63) is 40.7 Å². The first-order chi connectivity index (χ1) is 6.66. The summed E-state index contributed by atoms with van der Waals surface area (Å²) in [6.07, 6.45) is 1.48. The van der Waals surface area contributed by atoms with E-state index in [-0.39, 0.29) is 5.82 Å². The van der Waals surface area contributed by atoms with Crippen molar-refractivity contribution in [1.82, 2.24) is 4.98 Å². The van der Waals surface area contributed by atoms with Crippen molar-refractivity contribution in [3.8, 4) is 11.3 Å². The number of nitrogens with one attached hydrogen (secondary N) is 1. The first-order valence-corrected chi connectivity index (χ1v) is 4.52. The highest BCUT2D eigenvalue weighted by Gasteiger charge is 2.03. The molecule has 2 aromatic rings. The molecule has 1 heterocycles. The second-order valence-electron chi connectivity index (χ2n) is 3.03. The number of aryl methyl sites for hydroxylation is 1. The Labute approximate surface area is 85.4 Å². The normalized spacial score (nSPS) is 10.4. The predicted molar refractivity (Wildman–Crippen MR) is 54.0 cm³/mol. The van der Waals surface area contributed by atoms with E-state index in [1.807, 2.05) is 6.07 Å². The maximum absolute atomic E-state index is 13.2. The lowest BCUT2D eigenvalue weighted by Gasteiger charge is -1.99. The standard InChI is InChI=1S/C10H8FNOS/c1-6-2-3-7(4-8(6)11)9-5-13-10(14)12-9/h2-5H,1H3,(H,12,14). The minimum absolute atomic E-state index is 0.233. The first-order valence-electron chi connectivity index (χ1n) is 4.11. The smallest absolute Gasteiger partial charge is 0.266 e. The highest BCUT2D eigenvalue weighted by Crippen LogP contribution is 2.20. The summed E-state index contributed by atoms with van der Waals surface area (Å²) in [5, 5.41) is 0. The predicted octanol–water partition coefficient (Wildman–Crippen LogP) is 3.45. The van der Waals surface area contributed by atoms with E-state index < -0.39 is 0 Å². The molecule has 0 aliphatic carbocycles. The summed E-state index contributed by atoms with van der Waals surface area (Å²) in [4.78, 5) is 3.11. The molecule has 1 N–H and O–H groups in total. The molecule has 4 heteroatoms. The molecule has 2 nitrogen and oxygen atoms in total. The second-order valence-corrected chi connectivity index (χ2v) is 3.40. The minimum atomic E-state index is -0.233. The van der Waals surface area contributed by atoms with Crippen molar-refractivity contribution in [2.24, 2.45) is 0 Å². The lowest BCUT2D eigenvalue weighted by molar-refractivity contribution is 0.541. The lowest BCUT2D eigenvalue weighted by atomic mass is 10.1. The Hall–Kier alpha value is -1.42. The zero-order valence-corrected chi connectivity index (χ0v) is 8.32. The van der Waals surface area contributed by atoms with Crippen LogP contribution in [0.4, 0.5) is 4.39 Å². The van der Waals surface area contributed by atoms with Crippen LogP contribution in [-0.4, -0.2) is 4.98 Å². The molecule has 0 radical (unpaired) electrons. The van der Waals surface area contributed by atoms with Crippen LogP contribution in [0.1, 0.15) is 5.56 Å². The van der Waals surface area contributed by atoms with E-state index >= 15 is 0 Å². The lowest BCUT2D eigenvalue weighted by Crippen LogP contribution is -1.84. The quantitative estimate of drug-likeness (QED) is 0.729. The van der Waals surface area contributed by atoms with Crippen LogP contribution in [0.25, 0.3) is 11.3 Å². The van der Waals surface area contributed by atoms with Crippen molar-refractivity contribution >= 4 is 12.2 Å². The number of oxazole rings is 1. The molecular weight excluding hydrogens is 201 g/mol. The maximum atomic E-state index is 13.2. The molecule has 1 aromatic carbocycles. The number of hydrogen-bond donors (Lipinski definition) is 1. The van der Waals surface area contributed by atoms with Gasteiger partial charge in [-0.3, -0.25) is 0 Å². The molecule has 0 spiro atoms. The molecule has 0 atom stereocenters. The zero-order chi connectivity index (χ0) is 10.1. The molecule has 1 aromatic heterocycles. The molecule has 0 aliphatic rings. The minimum Gasteiger partial charge on any atom is -0.437 e. The fourth-order valence-electron chi connectivity index (χ4n) is 1.18. The van der Waals surface area contributed by atoms with Crippen LogP contribution in [0.5, 0.6) is 0 Å². The summed E-state index contributed by atoms with van der Waals surface area (Å²) < 4.78 is 18.1. The van der Waals surface area contributed by atoms with Gasteiger partial charge in [-0.05, 0) is 30.8 Å². The Morgan fingerprint density at radius 1 is 1.43 bits per heavy atom. The van der Waals surface area contributed by atoms with E-state index in [1.165, 1.54) is 12.3 Å². The summed E-state index contributed by atoms with van der Waals surface area (Å²) in [6.45, 7) is 1.72. The van der Waals surface area contributed by atoms with E-state index in [2.05, 4.69) is 4.98 Å². The number of halogens is 1. The van der Waals surface area contributed by atoms with E-state index in [0.717, 1.165) is 5.56 Å². The molecule has 14 heavy (non-hydrogen) atoms. The highest BCUT2D eigenvalue weighted by atomic mass is 32.1. The van der Waals surface area contributed by atoms with Crippen LogP contribution in [0.15, 0.2) is 28.9 Å². The number of benzene rings is 1. The molecular formula is C10H8FNOS. The van der Waals surface area contributed by atoms with Gasteiger partial charge in [-0.15, -0.1) is 0 Å². The van der Waals surface area contributed by atoms with Gasteiger partial charge < -0.3 is 9.40 Å². The first kappa shape index (κ1) is 9.15. The van der Waals surface area contributed by atoms with Crippen LogP contribution in [0.2, 0.25) is 0 Å².